The Hall–Kier alpha value is -2.73. The predicted octanol–water partition coefficient (Wildman–Crippen LogP) is -2.08. The second-order valence-electron chi connectivity index (χ2n) is 7.88. The van der Waals surface area contributed by atoms with E-state index < -0.39 is 53.8 Å². The standard InChI is InChI=1S/C19H36N6O6/c1-10(2)8-14(19(30)31)25-18(29)13(6-4-5-7-20)24-16(27)11(3)23-17(28)12(21)9-15(22)26/h10-14H,4-9,20-21H2,1-3H3,(H2,22,26)(H,23,28)(H,24,27)(H,25,29)(H,30,31). The summed E-state index contributed by atoms with van der Waals surface area (Å²) in [5.41, 5.74) is 16.0. The summed E-state index contributed by atoms with van der Waals surface area (Å²) in [4.78, 5) is 59.4. The third-order valence-corrected chi connectivity index (χ3v) is 4.41. The highest BCUT2D eigenvalue weighted by Gasteiger charge is 2.29. The zero-order valence-electron chi connectivity index (χ0n) is 18.3. The number of hydrogen-bond acceptors (Lipinski definition) is 7. The normalized spacial score (nSPS) is 14.8. The van der Waals surface area contributed by atoms with Gasteiger partial charge in [0.1, 0.15) is 18.1 Å². The van der Waals surface area contributed by atoms with E-state index in [2.05, 4.69) is 16.0 Å². The summed E-state index contributed by atoms with van der Waals surface area (Å²) >= 11 is 0. The summed E-state index contributed by atoms with van der Waals surface area (Å²) in [7, 11) is 0. The maximum atomic E-state index is 12.7. The average molecular weight is 445 g/mol. The van der Waals surface area contributed by atoms with E-state index >= 15 is 0 Å². The third-order valence-electron chi connectivity index (χ3n) is 4.41. The van der Waals surface area contributed by atoms with Crippen LogP contribution in [0.1, 0.15) is 52.9 Å². The zero-order valence-corrected chi connectivity index (χ0v) is 18.3. The Morgan fingerprint density at radius 2 is 1.45 bits per heavy atom. The van der Waals surface area contributed by atoms with E-state index in [9.17, 15) is 29.1 Å². The highest BCUT2D eigenvalue weighted by molar-refractivity contribution is 5.94. The second kappa shape index (κ2) is 14.3. The molecule has 0 heterocycles. The maximum Gasteiger partial charge on any atom is 0.326 e. The smallest absolute Gasteiger partial charge is 0.326 e. The van der Waals surface area contributed by atoms with Crippen molar-refractivity contribution in [2.24, 2.45) is 23.1 Å². The first-order valence-corrected chi connectivity index (χ1v) is 10.3. The van der Waals surface area contributed by atoms with Gasteiger partial charge >= 0.3 is 5.97 Å². The highest BCUT2D eigenvalue weighted by Crippen LogP contribution is 2.07. The number of carbonyl (C=O) groups excluding carboxylic acids is 4. The molecule has 0 fully saturated rings. The van der Waals surface area contributed by atoms with Crippen molar-refractivity contribution in [1.82, 2.24) is 16.0 Å². The van der Waals surface area contributed by atoms with Crippen LogP contribution in [-0.4, -0.2) is 65.4 Å². The molecule has 0 aliphatic carbocycles. The largest absolute Gasteiger partial charge is 0.480 e. The Balaban J connectivity index is 5.12. The van der Waals surface area contributed by atoms with Crippen molar-refractivity contribution in [1.29, 1.82) is 0 Å². The fourth-order valence-corrected chi connectivity index (χ4v) is 2.72. The molecule has 0 aromatic heterocycles. The van der Waals surface area contributed by atoms with Crippen LogP contribution in [0.3, 0.4) is 0 Å². The fraction of sp³-hybridized carbons (Fsp3) is 0.737. The van der Waals surface area contributed by atoms with Crippen LogP contribution in [0.4, 0.5) is 0 Å². The molecule has 0 bridgehead atoms. The number of carboxylic acid groups (broad SMARTS) is 1. The molecule has 10 N–H and O–H groups in total. The van der Waals surface area contributed by atoms with Crippen LogP contribution >= 0.6 is 0 Å². The molecule has 4 unspecified atom stereocenters. The molecule has 178 valence electrons. The molecule has 0 aliphatic rings. The molecule has 4 atom stereocenters. The van der Waals surface area contributed by atoms with Crippen LogP contribution in [0, 0.1) is 5.92 Å². The van der Waals surface area contributed by atoms with E-state index in [0.29, 0.717) is 19.4 Å². The van der Waals surface area contributed by atoms with Crippen molar-refractivity contribution >= 4 is 29.6 Å². The van der Waals surface area contributed by atoms with Crippen molar-refractivity contribution in [2.45, 2.75) is 77.0 Å². The van der Waals surface area contributed by atoms with Crippen LogP contribution < -0.4 is 33.2 Å². The summed E-state index contributed by atoms with van der Waals surface area (Å²) in [5.74, 6) is -3.94. The Labute approximate surface area is 182 Å². The number of carboxylic acids is 1. The Morgan fingerprint density at radius 1 is 0.871 bits per heavy atom. The molecule has 0 spiro atoms. The number of nitrogens with two attached hydrogens (primary N) is 3. The van der Waals surface area contributed by atoms with Gasteiger partial charge in [-0.3, -0.25) is 19.2 Å². The monoisotopic (exact) mass is 444 g/mol. The van der Waals surface area contributed by atoms with Gasteiger partial charge in [0.25, 0.3) is 0 Å². The number of amides is 4. The molecule has 0 aromatic carbocycles. The SMILES string of the molecule is CC(C)CC(NC(=O)C(CCCCN)NC(=O)C(C)NC(=O)C(N)CC(N)=O)C(=O)O. The number of primary amides is 1. The zero-order chi connectivity index (χ0) is 24.1. The minimum Gasteiger partial charge on any atom is -0.480 e. The van der Waals surface area contributed by atoms with Crippen LogP contribution in [0.15, 0.2) is 0 Å². The van der Waals surface area contributed by atoms with Crippen molar-refractivity contribution in [2.75, 3.05) is 6.54 Å². The summed E-state index contributed by atoms with van der Waals surface area (Å²) < 4.78 is 0. The van der Waals surface area contributed by atoms with Crippen LogP contribution in [0.25, 0.3) is 0 Å². The average Bonchev–Trinajstić information content (AvgIpc) is 2.65. The van der Waals surface area contributed by atoms with Gasteiger partial charge in [0.2, 0.25) is 23.6 Å². The molecule has 0 aliphatic heterocycles. The van der Waals surface area contributed by atoms with Crippen molar-refractivity contribution in [3.63, 3.8) is 0 Å². The second-order valence-corrected chi connectivity index (χ2v) is 7.88. The lowest BCUT2D eigenvalue weighted by atomic mass is 10.0. The van der Waals surface area contributed by atoms with Crippen molar-refractivity contribution in [3.8, 4) is 0 Å². The number of unbranched alkanes of at least 4 members (excludes halogenated alkanes) is 1. The Morgan fingerprint density at radius 3 is 1.94 bits per heavy atom. The number of nitrogens with one attached hydrogen (secondary N) is 3. The van der Waals surface area contributed by atoms with E-state index in [1.54, 1.807) is 0 Å². The van der Waals surface area contributed by atoms with Gasteiger partial charge in [-0.25, -0.2) is 4.79 Å². The van der Waals surface area contributed by atoms with Gasteiger partial charge < -0.3 is 38.3 Å². The lowest BCUT2D eigenvalue weighted by Crippen LogP contribution is -2.56. The van der Waals surface area contributed by atoms with E-state index in [-0.39, 0.29) is 25.2 Å². The quantitative estimate of drug-likeness (QED) is 0.139. The Bertz CT molecular complexity index is 641. The molecule has 0 aromatic rings. The molecular weight excluding hydrogens is 408 g/mol. The molecule has 12 nitrogen and oxygen atoms in total. The van der Waals surface area contributed by atoms with Crippen LogP contribution in [-0.2, 0) is 24.0 Å². The molecule has 4 amide bonds. The van der Waals surface area contributed by atoms with E-state index in [1.807, 2.05) is 13.8 Å². The van der Waals surface area contributed by atoms with Crippen molar-refractivity contribution in [3.05, 3.63) is 0 Å². The van der Waals surface area contributed by atoms with Gasteiger partial charge in [-0.1, -0.05) is 13.8 Å². The minimum atomic E-state index is -1.20. The lowest BCUT2D eigenvalue weighted by Gasteiger charge is -2.24. The van der Waals surface area contributed by atoms with Gasteiger partial charge in [-0.05, 0) is 45.1 Å². The lowest BCUT2D eigenvalue weighted by molar-refractivity contribution is -0.142. The predicted molar refractivity (Wildman–Crippen MR) is 113 cm³/mol. The molecular formula is C19H36N6O6. The number of aliphatic carboxylic acids is 1. The molecule has 12 heteroatoms. The summed E-state index contributed by atoms with van der Waals surface area (Å²) in [6.45, 7) is 5.45. The molecule has 31 heavy (non-hydrogen) atoms. The Kier molecular flexibility index (Phi) is 13.0. The first-order valence-electron chi connectivity index (χ1n) is 10.3. The van der Waals surface area contributed by atoms with E-state index in [1.165, 1.54) is 6.92 Å². The first-order chi connectivity index (χ1) is 14.4. The van der Waals surface area contributed by atoms with Gasteiger partial charge in [0.15, 0.2) is 0 Å². The van der Waals surface area contributed by atoms with Gasteiger partial charge in [-0.2, -0.15) is 0 Å². The van der Waals surface area contributed by atoms with Gasteiger partial charge in [0, 0.05) is 0 Å². The van der Waals surface area contributed by atoms with Gasteiger partial charge in [-0.15, -0.1) is 0 Å². The topological polar surface area (TPSA) is 220 Å². The van der Waals surface area contributed by atoms with Crippen molar-refractivity contribution < 1.29 is 29.1 Å². The van der Waals surface area contributed by atoms with E-state index in [4.69, 9.17) is 17.2 Å². The third kappa shape index (κ3) is 11.9. The maximum absolute atomic E-state index is 12.7. The first kappa shape index (κ1) is 28.3. The van der Waals surface area contributed by atoms with Gasteiger partial charge in [0.05, 0.1) is 12.5 Å². The fourth-order valence-electron chi connectivity index (χ4n) is 2.72. The molecule has 0 saturated heterocycles. The summed E-state index contributed by atoms with van der Waals surface area (Å²) in [6, 6.07) is -4.36. The van der Waals surface area contributed by atoms with Crippen LogP contribution in [0.5, 0.6) is 0 Å². The van der Waals surface area contributed by atoms with Crippen LogP contribution in [0.2, 0.25) is 0 Å². The molecule has 0 saturated carbocycles. The number of rotatable bonds is 15. The highest BCUT2D eigenvalue weighted by atomic mass is 16.4. The summed E-state index contributed by atoms with van der Waals surface area (Å²) in [6.07, 6.45) is 1.24. The molecule has 0 radical (unpaired) electrons. The molecule has 0 rings (SSSR count). The summed E-state index contributed by atoms with van der Waals surface area (Å²) in [5, 5.41) is 16.7. The van der Waals surface area contributed by atoms with E-state index in [0.717, 1.165) is 0 Å². The number of hydrogen-bond donors (Lipinski definition) is 7. The number of carbonyl (C=O) groups is 5. The minimum absolute atomic E-state index is 0.0338.